The van der Waals surface area contributed by atoms with Gasteiger partial charge in [-0.25, -0.2) is 8.42 Å². The van der Waals surface area contributed by atoms with Gasteiger partial charge in [-0.2, -0.15) is 0 Å². The Balaban J connectivity index is 1.72. The zero-order valence-electron chi connectivity index (χ0n) is 12.3. The van der Waals surface area contributed by atoms with Crippen LogP contribution in [0.15, 0.2) is 53.4 Å². The second-order valence-electron chi connectivity index (χ2n) is 5.60. The van der Waals surface area contributed by atoms with Gasteiger partial charge < -0.3 is 4.74 Å². The molecular formula is C17H16Cl2O3S. The summed E-state index contributed by atoms with van der Waals surface area (Å²) >= 11 is 11.9. The molecular weight excluding hydrogens is 355 g/mol. The van der Waals surface area contributed by atoms with Crippen molar-refractivity contribution < 1.29 is 13.2 Å². The summed E-state index contributed by atoms with van der Waals surface area (Å²) in [5.74, 6) is 0.704. The summed E-state index contributed by atoms with van der Waals surface area (Å²) in [6, 6.07) is 13.7. The van der Waals surface area contributed by atoms with Gasteiger partial charge in [-0.1, -0.05) is 35.3 Å². The predicted octanol–water partition coefficient (Wildman–Crippen LogP) is 4.77. The van der Waals surface area contributed by atoms with E-state index in [1.54, 1.807) is 48.5 Å². The molecule has 1 saturated carbocycles. The smallest absolute Gasteiger partial charge is 0.182 e. The van der Waals surface area contributed by atoms with E-state index in [9.17, 15) is 8.42 Å². The van der Waals surface area contributed by atoms with E-state index in [0.717, 1.165) is 0 Å². The lowest BCUT2D eigenvalue weighted by molar-refractivity contribution is 0.210. The fraction of sp³-hybridized carbons (Fsp3) is 0.294. The van der Waals surface area contributed by atoms with Crippen LogP contribution in [0.5, 0.6) is 5.75 Å². The van der Waals surface area contributed by atoms with Gasteiger partial charge in [0, 0.05) is 11.4 Å². The third-order valence-corrected chi connectivity index (χ3v) is 7.00. The van der Waals surface area contributed by atoms with Crippen LogP contribution in [0, 0.1) is 0 Å². The van der Waals surface area contributed by atoms with Crippen molar-refractivity contribution in [3.63, 3.8) is 0 Å². The molecule has 2 aromatic rings. The van der Waals surface area contributed by atoms with E-state index in [-0.39, 0.29) is 16.0 Å². The van der Waals surface area contributed by atoms with Gasteiger partial charge in [0.05, 0.1) is 15.2 Å². The maximum atomic E-state index is 12.7. The van der Waals surface area contributed by atoms with Crippen molar-refractivity contribution in [1.29, 1.82) is 0 Å². The molecule has 3 rings (SSSR count). The molecule has 122 valence electrons. The summed E-state index contributed by atoms with van der Waals surface area (Å²) in [7, 11) is -3.43. The summed E-state index contributed by atoms with van der Waals surface area (Å²) in [5, 5.41) is 0.456. The lowest BCUT2D eigenvalue weighted by atomic mass is 10.3. The number of sulfone groups is 1. The van der Waals surface area contributed by atoms with Crippen LogP contribution in [-0.2, 0) is 9.84 Å². The molecule has 0 radical (unpaired) electrons. The van der Waals surface area contributed by atoms with E-state index < -0.39 is 15.1 Å². The van der Waals surface area contributed by atoms with Gasteiger partial charge >= 0.3 is 0 Å². The largest absolute Gasteiger partial charge is 0.490 e. The summed E-state index contributed by atoms with van der Waals surface area (Å²) in [5.41, 5.74) is 0. The lowest BCUT2D eigenvalue weighted by Gasteiger charge is -2.15. The lowest BCUT2D eigenvalue weighted by Crippen LogP contribution is -2.21. The number of ether oxygens (including phenoxy) is 1. The van der Waals surface area contributed by atoms with Crippen LogP contribution in [0.1, 0.15) is 19.3 Å². The maximum Gasteiger partial charge on any atom is 0.182 e. The number of hydrogen-bond donors (Lipinski definition) is 0. The molecule has 1 fully saturated rings. The van der Waals surface area contributed by atoms with Crippen LogP contribution in [-0.4, -0.2) is 19.8 Å². The van der Waals surface area contributed by atoms with E-state index in [1.807, 2.05) is 0 Å². The van der Waals surface area contributed by atoms with E-state index >= 15 is 0 Å². The first-order valence-electron chi connectivity index (χ1n) is 7.37. The molecule has 0 spiro atoms. The highest BCUT2D eigenvalue weighted by Gasteiger charge is 2.37. The zero-order chi connectivity index (χ0) is 16.4. The maximum absolute atomic E-state index is 12.7. The molecule has 1 aliphatic carbocycles. The van der Waals surface area contributed by atoms with Crippen LogP contribution in [0.3, 0.4) is 0 Å². The minimum Gasteiger partial charge on any atom is -0.490 e. The average Bonchev–Trinajstić information content (AvgIpc) is 2.99. The zero-order valence-corrected chi connectivity index (χ0v) is 14.6. The summed E-state index contributed by atoms with van der Waals surface area (Å²) in [4.78, 5) is 0.207. The first-order valence-corrected chi connectivity index (χ1v) is 9.67. The first kappa shape index (κ1) is 16.6. The Morgan fingerprint density at radius 3 is 2.35 bits per heavy atom. The predicted molar refractivity (Wildman–Crippen MR) is 92.1 cm³/mol. The van der Waals surface area contributed by atoms with Crippen LogP contribution >= 0.6 is 23.2 Å². The fourth-order valence-electron chi connectivity index (χ4n) is 2.85. The van der Waals surface area contributed by atoms with Gasteiger partial charge in [0.2, 0.25) is 0 Å². The summed E-state index contributed by atoms with van der Waals surface area (Å²) in [6.45, 7) is 0. The quantitative estimate of drug-likeness (QED) is 0.778. The standard InChI is InChI=1S/C17H16Cl2O3S/c18-12-5-7-13(8-6-12)22-14-9-10-15(11-14)23(20,21)17-4-2-1-3-16(17)19/h1-8,14-15H,9-11H2/t14-,15-/m0/s1. The second-order valence-corrected chi connectivity index (χ2v) is 8.64. The monoisotopic (exact) mass is 370 g/mol. The Bertz CT molecular complexity index is 788. The van der Waals surface area contributed by atoms with Gasteiger partial charge in [0.1, 0.15) is 11.9 Å². The third kappa shape index (κ3) is 3.65. The van der Waals surface area contributed by atoms with Crippen molar-refractivity contribution in [2.24, 2.45) is 0 Å². The van der Waals surface area contributed by atoms with Gasteiger partial charge in [0.15, 0.2) is 9.84 Å². The topological polar surface area (TPSA) is 43.4 Å². The minimum absolute atomic E-state index is 0.113. The van der Waals surface area contributed by atoms with Crippen LogP contribution in [0.25, 0.3) is 0 Å². The highest BCUT2D eigenvalue weighted by Crippen LogP contribution is 2.34. The Morgan fingerprint density at radius 1 is 0.957 bits per heavy atom. The van der Waals surface area contributed by atoms with Crippen molar-refractivity contribution in [2.75, 3.05) is 0 Å². The normalized spacial score (nSPS) is 21.3. The Morgan fingerprint density at radius 2 is 1.65 bits per heavy atom. The first-order chi connectivity index (χ1) is 11.0. The molecule has 0 saturated heterocycles. The molecule has 0 heterocycles. The molecule has 0 N–H and O–H groups in total. The van der Waals surface area contributed by atoms with Crippen molar-refractivity contribution in [1.82, 2.24) is 0 Å². The number of rotatable bonds is 4. The second kappa shape index (κ2) is 6.71. The fourth-order valence-corrected chi connectivity index (χ4v) is 5.32. The molecule has 0 aromatic heterocycles. The SMILES string of the molecule is O=S(=O)(c1ccccc1Cl)[C@H]1CC[C@H](Oc2ccc(Cl)cc2)C1. The Hall–Kier alpha value is -1.23. The number of benzene rings is 2. The average molecular weight is 371 g/mol. The minimum atomic E-state index is -3.43. The summed E-state index contributed by atoms with van der Waals surface area (Å²) < 4.78 is 31.3. The van der Waals surface area contributed by atoms with Crippen LogP contribution in [0.4, 0.5) is 0 Å². The molecule has 1 aliphatic rings. The third-order valence-electron chi connectivity index (χ3n) is 4.03. The molecule has 0 amide bonds. The van der Waals surface area contributed by atoms with E-state index in [2.05, 4.69) is 0 Å². The highest BCUT2D eigenvalue weighted by atomic mass is 35.5. The molecule has 23 heavy (non-hydrogen) atoms. The number of hydrogen-bond acceptors (Lipinski definition) is 3. The van der Waals surface area contributed by atoms with Crippen molar-refractivity contribution >= 4 is 33.0 Å². The van der Waals surface area contributed by atoms with Gasteiger partial charge in [0.25, 0.3) is 0 Å². The van der Waals surface area contributed by atoms with Crippen LogP contribution < -0.4 is 4.74 Å². The van der Waals surface area contributed by atoms with Crippen molar-refractivity contribution in [3.8, 4) is 5.75 Å². The van der Waals surface area contributed by atoms with Crippen molar-refractivity contribution in [2.45, 2.75) is 35.5 Å². The van der Waals surface area contributed by atoms with Gasteiger partial charge in [-0.05, 0) is 49.2 Å². The van der Waals surface area contributed by atoms with Crippen molar-refractivity contribution in [3.05, 3.63) is 58.6 Å². The highest BCUT2D eigenvalue weighted by molar-refractivity contribution is 7.92. The Kier molecular flexibility index (Phi) is 4.85. The molecule has 2 aromatic carbocycles. The molecule has 0 aliphatic heterocycles. The molecule has 0 unspecified atom stereocenters. The summed E-state index contributed by atoms with van der Waals surface area (Å²) in [6.07, 6.45) is 1.64. The molecule has 3 nitrogen and oxygen atoms in total. The van der Waals surface area contributed by atoms with E-state index in [4.69, 9.17) is 27.9 Å². The van der Waals surface area contributed by atoms with Gasteiger partial charge in [-0.15, -0.1) is 0 Å². The molecule has 2 atom stereocenters. The number of halogens is 2. The van der Waals surface area contributed by atoms with Gasteiger partial charge in [-0.3, -0.25) is 0 Å². The Labute approximate surface area is 146 Å². The molecule has 0 bridgehead atoms. The molecule has 6 heteroatoms. The van der Waals surface area contributed by atoms with Crippen LogP contribution in [0.2, 0.25) is 10.0 Å². The van der Waals surface area contributed by atoms with E-state index in [1.165, 1.54) is 0 Å². The van der Waals surface area contributed by atoms with E-state index in [0.29, 0.717) is 30.0 Å².